The maximum atomic E-state index is 10.3. The van der Waals surface area contributed by atoms with E-state index in [0.29, 0.717) is 12.2 Å². The number of amidine groups is 2. The quantitative estimate of drug-likeness (QED) is 0.269. The van der Waals surface area contributed by atoms with E-state index in [0.717, 1.165) is 0 Å². The number of hydrogen-bond donors (Lipinski definition) is 6. The van der Waals surface area contributed by atoms with E-state index in [2.05, 4.69) is 10.6 Å². The standard InChI is InChI=1S/2C4H5N3O.C4H4O4/c2*5-3-1-2-6-4(8)7-3;5-3(6)1-2-4(7)8/h2*1-2H,(H3,5,6,7,8);1-2H,(H,5,6)(H,7,8)/b;;2-1-. The Balaban J connectivity index is 0.000000331. The number of hydrogen-bond acceptors (Lipinski definition) is 8. The molecule has 0 spiro atoms. The van der Waals surface area contributed by atoms with Crippen molar-refractivity contribution in [3.63, 3.8) is 0 Å². The van der Waals surface area contributed by atoms with Crippen molar-refractivity contribution in [2.45, 2.75) is 0 Å². The lowest BCUT2D eigenvalue weighted by atomic mass is 10.5. The second kappa shape index (κ2) is 11.0. The van der Waals surface area contributed by atoms with Gasteiger partial charge in [-0.2, -0.15) is 0 Å². The highest BCUT2D eigenvalue weighted by molar-refractivity contribution is 6.01. The van der Waals surface area contributed by atoms with Gasteiger partial charge in [0.05, 0.1) is 11.9 Å². The second-order valence-electron chi connectivity index (χ2n) is 3.83. The Morgan fingerprint density at radius 1 is 0.875 bits per heavy atom. The predicted octanol–water partition coefficient (Wildman–Crippen LogP) is -5.43. The Morgan fingerprint density at radius 2 is 1.21 bits per heavy atom. The van der Waals surface area contributed by atoms with E-state index in [1.54, 1.807) is 12.4 Å². The van der Waals surface area contributed by atoms with Crippen LogP contribution in [0.5, 0.6) is 0 Å². The Hall–Kier alpha value is -3.64. The highest BCUT2D eigenvalue weighted by atomic mass is 16.4. The van der Waals surface area contributed by atoms with Crippen molar-refractivity contribution >= 4 is 35.7 Å². The second-order valence-corrected chi connectivity index (χ2v) is 3.83. The van der Waals surface area contributed by atoms with Crippen LogP contribution < -0.4 is 31.5 Å². The molecule has 12 nitrogen and oxygen atoms in total. The van der Waals surface area contributed by atoms with Gasteiger partial charge in [0.2, 0.25) is 0 Å². The largest absolute Gasteiger partial charge is 0.545 e. The van der Waals surface area contributed by atoms with Gasteiger partial charge in [-0.25, -0.2) is 20.2 Å². The molecular formula is C12H14N6O6. The fourth-order valence-electron chi connectivity index (χ4n) is 1.03. The van der Waals surface area contributed by atoms with Crippen LogP contribution in [0, 0.1) is 10.8 Å². The normalized spacial score (nSPS) is 15.5. The molecule has 0 radical (unpaired) electrons. The number of nitrogens with two attached hydrogens (primary N) is 2. The lowest BCUT2D eigenvalue weighted by Gasteiger charge is -2.00. The molecule has 0 aromatic carbocycles. The van der Waals surface area contributed by atoms with Crippen molar-refractivity contribution < 1.29 is 40.0 Å². The zero-order valence-electron chi connectivity index (χ0n) is 12.1. The van der Waals surface area contributed by atoms with Crippen molar-refractivity contribution in [1.82, 2.24) is 10.6 Å². The number of aliphatic carboxylic acids is 2. The summed E-state index contributed by atoms with van der Waals surface area (Å²) in [6.45, 7) is 0. The molecule has 2 rings (SSSR count). The van der Waals surface area contributed by atoms with Gasteiger partial charge < -0.3 is 19.8 Å². The van der Waals surface area contributed by atoms with Crippen LogP contribution in [0.4, 0.5) is 9.59 Å². The van der Waals surface area contributed by atoms with Crippen molar-refractivity contribution in [1.29, 1.82) is 10.8 Å². The summed E-state index contributed by atoms with van der Waals surface area (Å²) in [7, 11) is 0. The molecule has 0 saturated carbocycles. The summed E-state index contributed by atoms with van der Waals surface area (Å²) >= 11 is 0. The molecule has 0 saturated heterocycles. The van der Waals surface area contributed by atoms with E-state index in [9.17, 15) is 29.4 Å². The minimum Gasteiger partial charge on any atom is -0.545 e. The molecule has 0 atom stereocenters. The molecule has 0 fully saturated rings. The molecule has 8 N–H and O–H groups in total. The number of carbonyl (C=O) groups excluding carboxylic acids is 4. The van der Waals surface area contributed by atoms with E-state index in [4.69, 9.17) is 10.8 Å². The highest BCUT2D eigenvalue weighted by Crippen LogP contribution is 1.71. The van der Waals surface area contributed by atoms with Gasteiger partial charge in [-0.15, -0.1) is 0 Å². The number of primary amides is 2. The minimum atomic E-state index is -1.55. The number of quaternary nitrogens is 2. The van der Waals surface area contributed by atoms with Crippen LogP contribution in [0.2, 0.25) is 0 Å². The number of amides is 4. The third-order valence-electron chi connectivity index (χ3n) is 1.89. The first-order chi connectivity index (χ1) is 11.2. The van der Waals surface area contributed by atoms with Crippen molar-refractivity contribution in [2.75, 3.05) is 0 Å². The monoisotopic (exact) mass is 338 g/mol. The molecule has 2 aliphatic heterocycles. The van der Waals surface area contributed by atoms with Crippen LogP contribution in [0.1, 0.15) is 0 Å². The Kier molecular flexibility index (Phi) is 9.33. The van der Waals surface area contributed by atoms with Gasteiger partial charge in [0, 0.05) is 12.2 Å². The zero-order chi connectivity index (χ0) is 18.5. The fraction of sp³-hybridized carbons (Fsp3) is 0. The van der Waals surface area contributed by atoms with Crippen LogP contribution in [0.3, 0.4) is 0 Å². The molecule has 12 heteroatoms. The molecule has 24 heavy (non-hydrogen) atoms. The zero-order valence-corrected chi connectivity index (χ0v) is 12.1. The number of carboxylic acid groups (broad SMARTS) is 2. The Morgan fingerprint density at radius 3 is 1.38 bits per heavy atom. The van der Waals surface area contributed by atoms with Crippen molar-refractivity contribution in [3.05, 3.63) is 36.7 Å². The highest BCUT2D eigenvalue weighted by Gasteiger charge is 2.08. The maximum Gasteiger partial charge on any atom is 0.423 e. The van der Waals surface area contributed by atoms with E-state index in [1.165, 1.54) is 22.8 Å². The third-order valence-corrected chi connectivity index (χ3v) is 1.89. The summed E-state index contributed by atoms with van der Waals surface area (Å²) in [6.07, 6.45) is 6.88. The molecule has 4 amide bonds. The third kappa shape index (κ3) is 12.1. The summed E-state index contributed by atoms with van der Waals surface area (Å²) in [5.41, 5.74) is 0. The van der Waals surface area contributed by atoms with Gasteiger partial charge in [-0.1, -0.05) is 0 Å². The summed E-state index contributed by atoms with van der Waals surface area (Å²) in [5.74, 6) is -2.79. The number of nitrogens with one attached hydrogen (secondary N) is 4. The molecule has 0 aromatic rings. The van der Waals surface area contributed by atoms with Crippen molar-refractivity contribution in [2.24, 2.45) is 0 Å². The van der Waals surface area contributed by atoms with E-state index >= 15 is 0 Å². The molecule has 0 bridgehead atoms. The number of carbonyl (C=O) groups is 4. The molecule has 2 aliphatic rings. The Bertz CT molecular complexity index is 582. The van der Waals surface area contributed by atoms with Crippen LogP contribution in [-0.2, 0) is 9.59 Å². The maximum absolute atomic E-state index is 10.3. The summed E-state index contributed by atoms with van der Waals surface area (Å²) in [4.78, 5) is 39.5. The summed E-state index contributed by atoms with van der Waals surface area (Å²) in [5, 5.41) is 39.9. The number of carboxylic acids is 2. The first-order valence-corrected chi connectivity index (χ1v) is 6.12. The van der Waals surface area contributed by atoms with Gasteiger partial charge in [0.15, 0.2) is 0 Å². The average Bonchev–Trinajstić information content (AvgIpc) is 2.46. The van der Waals surface area contributed by atoms with E-state index in [1.807, 2.05) is 0 Å². The van der Waals surface area contributed by atoms with Gasteiger partial charge in [0.25, 0.3) is 0 Å². The van der Waals surface area contributed by atoms with E-state index in [-0.39, 0.29) is 23.7 Å². The number of urea groups is 2. The minimum absolute atomic E-state index is 0.150. The SMILES string of the molecule is N=C1C=C[NH2+]C(=O)N1.N=C1C=C[NH2+]C(=O)N1.O=C([O-])/C=C\C(=O)[O-]. The first kappa shape index (κ1) is 20.4. The van der Waals surface area contributed by atoms with Crippen LogP contribution >= 0.6 is 0 Å². The van der Waals surface area contributed by atoms with Gasteiger partial charge in [-0.05, 0) is 12.2 Å². The molecule has 0 unspecified atom stereocenters. The number of rotatable bonds is 2. The van der Waals surface area contributed by atoms with Crippen LogP contribution in [0.25, 0.3) is 0 Å². The smallest absolute Gasteiger partial charge is 0.423 e. The predicted molar refractivity (Wildman–Crippen MR) is 73.8 cm³/mol. The van der Waals surface area contributed by atoms with E-state index < -0.39 is 11.9 Å². The lowest BCUT2D eigenvalue weighted by Crippen LogP contribution is -2.87. The molecule has 128 valence electrons. The topological polar surface area (TPSA) is 219 Å². The summed E-state index contributed by atoms with van der Waals surface area (Å²) in [6, 6.07) is -0.449. The molecule has 2 heterocycles. The summed E-state index contributed by atoms with van der Waals surface area (Å²) < 4.78 is 0. The molecule has 0 aliphatic carbocycles. The van der Waals surface area contributed by atoms with Crippen LogP contribution in [0.15, 0.2) is 36.7 Å². The van der Waals surface area contributed by atoms with Gasteiger partial charge >= 0.3 is 12.1 Å². The lowest BCUT2D eigenvalue weighted by molar-refractivity contribution is -0.482. The van der Waals surface area contributed by atoms with Crippen LogP contribution in [-0.4, -0.2) is 35.7 Å². The van der Waals surface area contributed by atoms with Gasteiger partial charge in [-0.3, -0.25) is 21.5 Å². The fourth-order valence-corrected chi connectivity index (χ4v) is 1.03. The van der Waals surface area contributed by atoms with Gasteiger partial charge in [0.1, 0.15) is 24.1 Å². The molecular weight excluding hydrogens is 324 g/mol. The first-order valence-electron chi connectivity index (χ1n) is 6.12. The molecule has 0 aromatic heterocycles. The van der Waals surface area contributed by atoms with Crippen molar-refractivity contribution in [3.8, 4) is 0 Å². The average molecular weight is 338 g/mol. The Labute approximate surface area is 134 Å².